The summed E-state index contributed by atoms with van der Waals surface area (Å²) in [4.78, 5) is 11.9. The highest BCUT2D eigenvalue weighted by Crippen LogP contribution is 2.25. The number of hydrogen-bond acceptors (Lipinski definition) is 3. The van der Waals surface area contributed by atoms with Gasteiger partial charge in [0.25, 0.3) is 0 Å². The molecule has 0 bridgehead atoms. The average Bonchev–Trinajstić information content (AvgIpc) is 2.67. The summed E-state index contributed by atoms with van der Waals surface area (Å²) in [5.41, 5.74) is 1.72. The van der Waals surface area contributed by atoms with Crippen LogP contribution in [-0.2, 0) is 11.2 Å². The van der Waals surface area contributed by atoms with E-state index in [0.29, 0.717) is 22.5 Å². The predicted octanol–water partition coefficient (Wildman–Crippen LogP) is 3.09. The summed E-state index contributed by atoms with van der Waals surface area (Å²) >= 11 is 0. The summed E-state index contributed by atoms with van der Waals surface area (Å²) in [6.07, 6.45) is 0.0872. The lowest BCUT2D eigenvalue weighted by Gasteiger charge is -2.03. The Morgan fingerprint density at radius 2 is 2.00 bits per heavy atom. The minimum Gasteiger partial charge on any atom is -0.444 e. The fourth-order valence-electron chi connectivity index (χ4n) is 1.81. The molecule has 0 aliphatic rings. The van der Waals surface area contributed by atoms with E-state index < -0.39 is 0 Å². The van der Waals surface area contributed by atoms with E-state index in [2.05, 4.69) is 5.32 Å². The van der Waals surface area contributed by atoms with Gasteiger partial charge in [0.1, 0.15) is 23.2 Å². The highest BCUT2D eigenvalue weighted by molar-refractivity contribution is 5.92. The molecule has 1 amide bonds. The Morgan fingerprint density at radius 1 is 1.35 bits per heavy atom. The molecule has 0 aliphatic carbocycles. The molecule has 1 aromatic carbocycles. The van der Waals surface area contributed by atoms with E-state index in [1.807, 2.05) is 6.07 Å². The van der Waals surface area contributed by atoms with Crippen molar-refractivity contribution in [3.05, 3.63) is 52.5 Å². The van der Waals surface area contributed by atoms with Gasteiger partial charge in [0.15, 0.2) is 0 Å². The predicted molar refractivity (Wildman–Crippen MR) is 71.6 cm³/mol. The summed E-state index contributed by atoms with van der Waals surface area (Å²) in [5.74, 6) is 0.0910. The highest BCUT2D eigenvalue weighted by Gasteiger charge is 2.16. The number of rotatable bonds is 3. The van der Waals surface area contributed by atoms with Crippen molar-refractivity contribution in [2.24, 2.45) is 0 Å². The van der Waals surface area contributed by atoms with Gasteiger partial charge < -0.3 is 4.42 Å². The third-order valence-corrected chi connectivity index (χ3v) is 3.03. The number of anilines is 1. The van der Waals surface area contributed by atoms with Crippen molar-refractivity contribution in [1.82, 2.24) is 0 Å². The fourth-order valence-corrected chi connectivity index (χ4v) is 1.81. The van der Waals surface area contributed by atoms with E-state index in [1.54, 1.807) is 26.0 Å². The number of amides is 1. The summed E-state index contributed by atoms with van der Waals surface area (Å²) in [6.45, 7) is 3.48. The molecule has 0 spiro atoms. The number of carbonyl (C=O) groups is 1. The van der Waals surface area contributed by atoms with Gasteiger partial charge in [0.05, 0.1) is 6.42 Å². The topological polar surface area (TPSA) is 66.0 Å². The zero-order valence-electron chi connectivity index (χ0n) is 11.2. The number of nitrogens with zero attached hydrogens (tertiary/aromatic N) is 1. The minimum absolute atomic E-state index is 0.0872. The van der Waals surface area contributed by atoms with Crippen molar-refractivity contribution in [3.8, 4) is 6.07 Å². The Morgan fingerprint density at radius 3 is 2.60 bits per heavy atom. The Kier molecular flexibility index (Phi) is 3.85. The average molecular weight is 272 g/mol. The Balaban J connectivity index is 2.11. The first-order chi connectivity index (χ1) is 9.51. The lowest BCUT2D eigenvalue weighted by molar-refractivity contribution is -0.115. The van der Waals surface area contributed by atoms with Crippen LogP contribution >= 0.6 is 0 Å². The molecule has 1 aromatic heterocycles. The molecule has 0 radical (unpaired) electrons. The van der Waals surface area contributed by atoms with E-state index in [0.717, 1.165) is 0 Å². The highest BCUT2D eigenvalue weighted by atomic mass is 19.1. The fraction of sp³-hybridized carbons (Fsp3) is 0.200. The zero-order chi connectivity index (χ0) is 14.7. The van der Waals surface area contributed by atoms with E-state index in [4.69, 9.17) is 9.68 Å². The Labute approximate surface area is 115 Å². The van der Waals surface area contributed by atoms with Crippen molar-refractivity contribution in [1.29, 1.82) is 5.26 Å². The number of halogens is 1. The van der Waals surface area contributed by atoms with Gasteiger partial charge >= 0.3 is 0 Å². The molecule has 0 atom stereocenters. The second kappa shape index (κ2) is 5.57. The normalized spacial score (nSPS) is 10.1. The molecule has 102 valence electrons. The van der Waals surface area contributed by atoms with Crippen LogP contribution in [0.1, 0.15) is 22.5 Å². The monoisotopic (exact) mass is 272 g/mol. The summed E-state index contributed by atoms with van der Waals surface area (Å²) in [6, 6.07) is 7.68. The molecule has 1 N–H and O–H groups in total. The van der Waals surface area contributed by atoms with Crippen molar-refractivity contribution in [2.45, 2.75) is 20.3 Å². The molecule has 20 heavy (non-hydrogen) atoms. The van der Waals surface area contributed by atoms with Gasteiger partial charge in [-0.15, -0.1) is 0 Å². The number of nitrogens with one attached hydrogen (secondary N) is 1. The van der Waals surface area contributed by atoms with Gasteiger partial charge in [0.2, 0.25) is 11.8 Å². The van der Waals surface area contributed by atoms with Gasteiger partial charge in [0, 0.05) is 5.56 Å². The Hall–Kier alpha value is -2.61. The van der Waals surface area contributed by atoms with Crippen molar-refractivity contribution >= 4 is 11.8 Å². The van der Waals surface area contributed by atoms with E-state index >= 15 is 0 Å². The van der Waals surface area contributed by atoms with Crippen LogP contribution in [0.15, 0.2) is 28.7 Å². The summed E-state index contributed by atoms with van der Waals surface area (Å²) in [5, 5.41) is 11.6. The molecule has 0 saturated heterocycles. The summed E-state index contributed by atoms with van der Waals surface area (Å²) in [7, 11) is 0. The molecular formula is C15H13FN2O2. The third kappa shape index (κ3) is 2.86. The second-order valence-electron chi connectivity index (χ2n) is 4.45. The maximum absolute atomic E-state index is 12.8. The Bertz CT molecular complexity index is 681. The number of nitriles is 1. The van der Waals surface area contributed by atoms with Crippen LogP contribution < -0.4 is 5.32 Å². The second-order valence-corrected chi connectivity index (χ2v) is 4.45. The molecule has 5 heteroatoms. The molecule has 0 aliphatic heterocycles. The van der Waals surface area contributed by atoms with Gasteiger partial charge in [-0.25, -0.2) is 4.39 Å². The van der Waals surface area contributed by atoms with Crippen molar-refractivity contribution in [2.75, 3.05) is 5.32 Å². The maximum Gasteiger partial charge on any atom is 0.231 e. The number of benzene rings is 1. The van der Waals surface area contributed by atoms with Crippen molar-refractivity contribution in [3.63, 3.8) is 0 Å². The molecule has 4 nitrogen and oxygen atoms in total. The molecular weight excluding hydrogens is 259 g/mol. The standard InChI is InChI=1S/C15H13FN2O2/c1-9-10(2)20-15(13(9)8-17)18-14(19)7-11-3-5-12(16)6-4-11/h3-6H,7H2,1-2H3,(H,18,19). The third-order valence-electron chi connectivity index (χ3n) is 3.03. The summed E-state index contributed by atoms with van der Waals surface area (Å²) < 4.78 is 18.1. The molecule has 0 unspecified atom stereocenters. The zero-order valence-corrected chi connectivity index (χ0v) is 11.2. The number of furan rings is 1. The molecule has 0 saturated carbocycles. The van der Waals surface area contributed by atoms with Crippen LogP contribution in [0.2, 0.25) is 0 Å². The van der Waals surface area contributed by atoms with Crippen LogP contribution in [0.25, 0.3) is 0 Å². The van der Waals surface area contributed by atoms with Gasteiger partial charge in [-0.05, 0) is 31.5 Å². The first-order valence-electron chi connectivity index (χ1n) is 6.05. The quantitative estimate of drug-likeness (QED) is 0.933. The van der Waals surface area contributed by atoms with Crippen LogP contribution in [-0.4, -0.2) is 5.91 Å². The molecule has 0 fully saturated rings. The molecule has 2 rings (SSSR count). The number of hydrogen-bond donors (Lipinski definition) is 1. The first-order valence-corrected chi connectivity index (χ1v) is 6.05. The SMILES string of the molecule is Cc1oc(NC(=O)Cc2ccc(F)cc2)c(C#N)c1C. The van der Waals surface area contributed by atoms with E-state index in [9.17, 15) is 9.18 Å². The molecule has 2 aromatic rings. The van der Waals surface area contributed by atoms with Crippen LogP contribution in [0, 0.1) is 31.0 Å². The van der Waals surface area contributed by atoms with Crippen LogP contribution in [0.4, 0.5) is 10.3 Å². The van der Waals surface area contributed by atoms with Crippen LogP contribution in [0.3, 0.4) is 0 Å². The minimum atomic E-state index is -0.349. The van der Waals surface area contributed by atoms with Gasteiger partial charge in [-0.2, -0.15) is 5.26 Å². The maximum atomic E-state index is 12.8. The lowest BCUT2D eigenvalue weighted by Crippen LogP contribution is -2.14. The number of carbonyl (C=O) groups excluding carboxylic acids is 1. The van der Waals surface area contributed by atoms with Gasteiger partial charge in [-0.1, -0.05) is 12.1 Å². The molecule has 1 heterocycles. The van der Waals surface area contributed by atoms with Crippen molar-refractivity contribution < 1.29 is 13.6 Å². The lowest BCUT2D eigenvalue weighted by atomic mass is 10.1. The number of aryl methyl sites for hydroxylation is 1. The van der Waals surface area contributed by atoms with Gasteiger partial charge in [-0.3, -0.25) is 10.1 Å². The van der Waals surface area contributed by atoms with Crippen LogP contribution in [0.5, 0.6) is 0 Å². The van der Waals surface area contributed by atoms with E-state index in [-0.39, 0.29) is 24.0 Å². The largest absolute Gasteiger partial charge is 0.444 e. The van der Waals surface area contributed by atoms with E-state index in [1.165, 1.54) is 12.1 Å². The smallest absolute Gasteiger partial charge is 0.231 e. The first kappa shape index (κ1) is 13.8.